The van der Waals surface area contributed by atoms with E-state index in [0.717, 1.165) is 38.1 Å². The van der Waals surface area contributed by atoms with E-state index in [2.05, 4.69) is 5.32 Å². The lowest BCUT2D eigenvalue weighted by atomic mass is 9.99. The molecule has 7 heteroatoms. The monoisotopic (exact) mass is 295 g/mol. The Morgan fingerprint density at radius 1 is 1.57 bits per heavy atom. The van der Waals surface area contributed by atoms with Gasteiger partial charge in [0, 0.05) is 19.7 Å². The van der Waals surface area contributed by atoms with Crippen molar-refractivity contribution in [3.63, 3.8) is 0 Å². The van der Waals surface area contributed by atoms with Crippen molar-refractivity contribution in [1.29, 1.82) is 0 Å². The van der Waals surface area contributed by atoms with Crippen molar-refractivity contribution in [3.8, 4) is 0 Å². The van der Waals surface area contributed by atoms with Gasteiger partial charge in [0.05, 0.1) is 16.6 Å². The van der Waals surface area contributed by atoms with Crippen molar-refractivity contribution in [1.82, 2.24) is 10.2 Å². The van der Waals surface area contributed by atoms with Crippen molar-refractivity contribution in [2.24, 2.45) is 5.92 Å². The molecule has 2 rings (SSSR count). The van der Waals surface area contributed by atoms with Gasteiger partial charge in [-0.2, -0.15) is 0 Å². The van der Waals surface area contributed by atoms with Gasteiger partial charge >= 0.3 is 0 Å². The van der Waals surface area contributed by atoms with E-state index in [1.165, 1.54) is 11.0 Å². The average molecular weight is 295 g/mol. The van der Waals surface area contributed by atoms with Crippen molar-refractivity contribution in [2.75, 3.05) is 26.7 Å². The van der Waals surface area contributed by atoms with Crippen LogP contribution in [-0.2, 0) is 0 Å². The molecule has 1 aliphatic heterocycles. The van der Waals surface area contributed by atoms with Crippen LogP contribution >= 0.6 is 0 Å². The molecule has 114 valence electrons. The Morgan fingerprint density at radius 2 is 2.33 bits per heavy atom. The highest BCUT2D eigenvalue weighted by molar-refractivity contribution is 5.94. The number of nitrogens with zero attached hydrogens (tertiary/aromatic N) is 2. The number of benzene rings is 1. The Labute approximate surface area is 122 Å². The molecule has 0 aromatic heterocycles. The van der Waals surface area contributed by atoms with Gasteiger partial charge in [-0.3, -0.25) is 14.9 Å². The Bertz CT molecular complexity index is 544. The standard InChI is InChI=1S/C14H18FN3O3/c1-17(9-10-3-2-6-16-8-10)14(19)12-5-4-11(18(20)21)7-13(12)15/h4-5,7,10,16H,2-3,6,8-9H2,1H3. The minimum atomic E-state index is -0.859. The highest BCUT2D eigenvalue weighted by Crippen LogP contribution is 2.19. The van der Waals surface area contributed by atoms with Crippen LogP contribution in [0.2, 0.25) is 0 Å². The van der Waals surface area contributed by atoms with E-state index in [-0.39, 0.29) is 11.3 Å². The van der Waals surface area contributed by atoms with E-state index in [4.69, 9.17) is 0 Å². The topological polar surface area (TPSA) is 75.5 Å². The Kier molecular flexibility index (Phi) is 4.85. The number of nitrogens with one attached hydrogen (secondary N) is 1. The molecule has 0 bridgehead atoms. The van der Waals surface area contributed by atoms with Crippen LogP contribution in [0.3, 0.4) is 0 Å². The zero-order chi connectivity index (χ0) is 15.4. The first-order chi connectivity index (χ1) is 9.99. The zero-order valence-electron chi connectivity index (χ0n) is 11.8. The summed E-state index contributed by atoms with van der Waals surface area (Å²) >= 11 is 0. The number of carbonyl (C=O) groups is 1. The summed E-state index contributed by atoms with van der Waals surface area (Å²) in [6.45, 7) is 2.38. The summed E-state index contributed by atoms with van der Waals surface area (Å²) < 4.78 is 13.8. The third kappa shape index (κ3) is 3.75. The second-order valence-corrected chi connectivity index (χ2v) is 5.32. The van der Waals surface area contributed by atoms with E-state index in [0.29, 0.717) is 12.5 Å². The molecular formula is C14H18FN3O3. The van der Waals surface area contributed by atoms with Crippen LogP contribution in [-0.4, -0.2) is 42.4 Å². The second-order valence-electron chi connectivity index (χ2n) is 5.32. The number of hydrogen-bond donors (Lipinski definition) is 1. The number of nitro groups is 1. The lowest BCUT2D eigenvalue weighted by molar-refractivity contribution is -0.385. The maximum atomic E-state index is 13.8. The van der Waals surface area contributed by atoms with Gasteiger partial charge in [0.1, 0.15) is 5.82 Å². The number of amides is 1. The summed E-state index contributed by atoms with van der Waals surface area (Å²) in [6, 6.07) is 3.10. The molecule has 0 saturated carbocycles. The van der Waals surface area contributed by atoms with Crippen LogP contribution in [0.15, 0.2) is 18.2 Å². The van der Waals surface area contributed by atoms with Gasteiger partial charge in [0.2, 0.25) is 0 Å². The number of rotatable bonds is 4. The summed E-state index contributed by atoms with van der Waals surface area (Å²) in [5, 5.41) is 13.8. The first kappa shape index (κ1) is 15.4. The molecule has 1 atom stereocenters. The van der Waals surface area contributed by atoms with Gasteiger partial charge < -0.3 is 10.2 Å². The van der Waals surface area contributed by atoms with E-state index in [1.54, 1.807) is 7.05 Å². The molecule has 1 amide bonds. The fourth-order valence-corrected chi connectivity index (χ4v) is 2.55. The molecule has 0 aliphatic carbocycles. The van der Waals surface area contributed by atoms with Crippen LogP contribution in [0, 0.1) is 21.8 Å². The minimum absolute atomic E-state index is 0.133. The summed E-state index contributed by atoms with van der Waals surface area (Å²) in [5.41, 5.74) is -0.491. The smallest absolute Gasteiger partial charge is 0.272 e. The van der Waals surface area contributed by atoms with Crippen LogP contribution in [0.5, 0.6) is 0 Å². The molecule has 1 aromatic rings. The molecule has 1 unspecified atom stereocenters. The minimum Gasteiger partial charge on any atom is -0.341 e. The predicted octanol–water partition coefficient (Wildman–Crippen LogP) is 1.81. The average Bonchev–Trinajstić information content (AvgIpc) is 2.47. The van der Waals surface area contributed by atoms with Gasteiger partial charge in [-0.15, -0.1) is 0 Å². The van der Waals surface area contributed by atoms with Gasteiger partial charge in [-0.05, 0) is 37.9 Å². The Morgan fingerprint density at radius 3 is 2.90 bits per heavy atom. The summed E-state index contributed by atoms with van der Waals surface area (Å²) in [6.07, 6.45) is 2.10. The highest BCUT2D eigenvalue weighted by atomic mass is 19.1. The molecule has 1 saturated heterocycles. The SMILES string of the molecule is CN(CC1CCCNC1)C(=O)c1ccc([N+](=O)[O-])cc1F. The molecule has 1 aromatic carbocycles. The number of piperidine rings is 1. The number of hydrogen-bond acceptors (Lipinski definition) is 4. The van der Waals surface area contributed by atoms with Crippen LogP contribution < -0.4 is 5.32 Å². The fraction of sp³-hybridized carbons (Fsp3) is 0.500. The van der Waals surface area contributed by atoms with E-state index < -0.39 is 16.6 Å². The summed E-state index contributed by atoms with van der Waals surface area (Å²) in [4.78, 5) is 23.6. The molecule has 21 heavy (non-hydrogen) atoms. The largest absolute Gasteiger partial charge is 0.341 e. The predicted molar refractivity (Wildman–Crippen MR) is 75.6 cm³/mol. The molecule has 1 fully saturated rings. The van der Waals surface area contributed by atoms with Gasteiger partial charge in [0.25, 0.3) is 11.6 Å². The van der Waals surface area contributed by atoms with Gasteiger partial charge in [0.15, 0.2) is 0 Å². The van der Waals surface area contributed by atoms with E-state index in [1.807, 2.05) is 0 Å². The number of non-ortho nitro benzene ring substituents is 1. The highest BCUT2D eigenvalue weighted by Gasteiger charge is 2.22. The number of nitro benzene ring substituents is 1. The third-order valence-electron chi connectivity index (χ3n) is 3.67. The maximum Gasteiger partial charge on any atom is 0.272 e. The van der Waals surface area contributed by atoms with Crippen LogP contribution in [0.4, 0.5) is 10.1 Å². The molecule has 6 nitrogen and oxygen atoms in total. The lowest BCUT2D eigenvalue weighted by Crippen LogP contribution is -2.39. The summed E-state index contributed by atoms with van der Waals surface area (Å²) in [5.74, 6) is -0.954. The van der Waals surface area contributed by atoms with Crippen molar-refractivity contribution in [2.45, 2.75) is 12.8 Å². The Hall–Kier alpha value is -2.02. The summed E-state index contributed by atoms with van der Waals surface area (Å²) in [7, 11) is 1.62. The molecule has 1 N–H and O–H groups in total. The Balaban J connectivity index is 2.06. The molecule has 0 spiro atoms. The molecule has 1 aliphatic rings. The fourth-order valence-electron chi connectivity index (χ4n) is 2.55. The van der Waals surface area contributed by atoms with Gasteiger partial charge in [-0.25, -0.2) is 4.39 Å². The third-order valence-corrected chi connectivity index (χ3v) is 3.67. The molecular weight excluding hydrogens is 277 g/mol. The molecule has 1 heterocycles. The second kappa shape index (κ2) is 6.62. The van der Waals surface area contributed by atoms with Crippen molar-refractivity contribution >= 4 is 11.6 Å². The first-order valence-corrected chi connectivity index (χ1v) is 6.89. The van der Waals surface area contributed by atoms with E-state index in [9.17, 15) is 19.3 Å². The lowest BCUT2D eigenvalue weighted by Gasteiger charge is -2.27. The van der Waals surface area contributed by atoms with Crippen LogP contribution in [0.1, 0.15) is 23.2 Å². The first-order valence-electron chi connectivity index (χ1n) is 6.89. The zero-order valence-corrected chi connectivity index (χ0v) is 11.8. The maximum absolute atomic E-state index is 13.8. The van der Waals surface area contributed by atoms with Crippen molar-refractivity contribution in [3.05, 3.63) is 39.7 Å². The van der Waals surface area contributed by atoms with Crippen molar-refractivity contribution < 1.29 is 14.1 Å². The normalized spacial score (nSPS) is 18.3. The van der Waals surface area contributed by atoms with E-state index >= 15 is 0 Å². The van der Waals surface area contributed by atoms with Crippen LogP contribution in [0.25, 0.3) is 0 Å². The number of carbonyl (C=O) groups excluding carboxylic acids is 1. The molecule has 0 radical (unpaired) electrons. The van der Waals surface area contributed by atoms with Gasteiger partial charge in [-0.1, -0.05) is 0 Å². The number of halogens is 1. The quantitative estimate of drug-likeness (QED) is 0.679.